The number of hydrogen-bond acceptors (Lipinski definition) is 4. The Hall–Kier alpha value is -1.10. The number of amides is 1. The van der Waals surface area contributed by atoms with Crippen molar-refractivity contribution < 1.29 is 19.1 Å². The number of nitrogens with one attached hydrogen (secondary N) is 1. The zero-order chi connectivity index (χ0) is 16.2. The van der Waals surface area contributed by atoms with Crippen LogP contribution in [-0.4, -0.2) is 37.2 Å². The van der Waals surface area contributed by atoms with Crippen LogP contribution in [0.15, 0.2) is 0 Å². The largest absolute Gasteiger partial charge is 0.444 e. The molecule has 0 spiro atoms. The third-order valence-electron chi connectivity index (χ3n) is 3.79. The van der Waals surface area contributed by atoms with Crippen LogP contribution >= 0.6 is 0 Å². The van der Waals surface area contributed by atoms with Crippen molar-refractivity contribution in [3.05, 3.63) is 0 Å². The Kier molecular flexibility index (Phi) is 6.20. The van der Waals surface area contributed by atoms with E-state index in [1.165, 1.54) is 0 Å². The molecule has 0 aromatic rings. The zero-order valence-electron chi connectivity index (χ0n) is 14.1. The van der Waals surface area contributed by atoms with Crippen molar-refractivity contribution in [1.29, 1.82) is 0 Å². The van der Waals surface area contributed by atoms with E-state index in [1.54, 1.807) is 7.11 Å². The number of methoxy groups -OCH3 is 1. The molecule has 0 aromatic heterocycles. The molecular formula is C16H29NO4. The zero-order valence-corrected chi connectivity index (χ0v) is 14.1. The molecule has 1 saturated carbocycles. The fourth-order valence-corrected chi connectivity index (χ4v) is 3.16. The van der Waals surface area contributed by atoms with Crippen molar-refractivity contribution in [3.8, 4) is 0 Å². The molecule has 1 aliphatic rings. The first-order valence-corrected chi connectivity index (χ1v) is 7.65. The third-order valence-corrected chi connectivity index (χ3v) is 3.79. The molecule has 4 atom stereocenters. The molecule has 1 fully saturated rings. The molecule has 1 amide bonds. The lowest BCUT2D eigenvalue weighted by atomic mass is 9.71. The number of alkyl carbamates (subject to hydrolysis) is 1. The highest BCUT2D eigenvalue weighted by Gasteiger charge is 2.39. The molecule has 0 saturated heterocycles. The van der Waals surface area contributed by atoms with Crippen LogP contribution in [-0.2, 0) is 14.3 Å². The number of hydrogen-bond donors (Lipinski definition) is 1. The van der Waals surface area contributed by atoms with Gasteiger partial charge in [-0.15, -0.1) is 0 Å². The Labute approximate surface area is 127 Å². The lowest BCUT2D eigenvalue weighted by molar-refractivity contribution is -0.129. The number of ketones is 1. The minimum atomic E-state index is -0.557. The highest BCUT2D eigenvalue weighted by atomic mass is 16.6. The standard InChI is InChI=1S/C16H29NO4/c1-10-7-11(2)14(13(18)8-10)12(9-20-6)17-15(19)21-16(3,4)5/h10-12,14H,7-9H2,1-6H3,(H,17,19). The highest BCUT2D eigenvalue weighted by molar-refractivity contribution is 5.83. The average molecular weight is 299 g/mol. The second kappa shape index (κ2) is 7.25. The van der Waals surface area contributed by atoms with Crippen molar-refractivity contribution in [2.45, 2.75) is 59.1 Å². The lowest BCUT2D eigenvalue weighted by Crippen LogP contribution is -2.51. The van der Waals surface area contributed by atoms with Gasteiger partial charge in [0.05, 0.1) is 12.6 Å². The van der Waals surface area contributed by atoms with Gasteiger partial charge in [0.2, 0.25) is 0 Å². The van der Waals surface area contributed by atoms with Gasteiger partial charge in [-0.2, -0.15) is 0 Å². The summed E-state index contributed by atoms with van der Waals surface area (Å²) in [5, 5.41) is 2.81. The van der Waals surface area contributed by atoms with Crippen molar-refractivity contribution in [2.24, 2.45) is 17.8 Å². The van der Waals surface area contributed by atoms with Crippen LogP contribution in [0, 0.1) is 17.8 Å². The molecule has 0 heterocycles. The summed E-state index contributed by atoms with van der Waals surface area (Å²) in [5.74, 6) is 0.651. The number of Topliss-reactive ketones (excluding diaryl/α,β-unsaturated/α-hetero) is 1. The molecule has 0 radical (unpaired) electrons. The van der Waals surface area contributed by atoms with E-state index in [1.807, 2.05) is 20.8 Å². The number of ether oxygens (including phenoxy) is 2. The molecule has 21 heavy (non-hydrogen) atoms. The number of carbonyl (C=O) groups excluding carboxylic acids is 2. The van der Waals surface area contributed by atoms with Crippen LogP contribution in [0.1, 0.15) is 47.5 Å². The SMILES string of the molecule is COCC(NC(=O)OC(C)(C)C)C1C(=O)CC(C)CC1C. The Morgan fingerprint density at radius 1 is 1.38 bits per heavy atom. The van der Waals surface area contributed by atoms with E-state index in [2.05, 4.69) is 19.2 Å². The van der Waals surface area contributed by atoms with Gasteiger partial charge in [0.15, 0.2) is 0 Å². The van der Waals surface area contributed by atoms with E-state index in [0.29, 0.717) is 18.9 Å². The molecule has 122 valence electrons. The van der Waals surface area contributed by atoms with E-state index < -0.39 is 11.7 Å². The van der Waals surface area contributed by atoms with Crippen LogP contribution in [0.2, 0.25) is 0 Å². The van der Waals surface area contributed by atoms with Crippen LogP contribution < -0.4 is 5.32 Å². The van der Waals surface area contributed by atoms with Crippen LogP contribution in [0.3, 0.4) is 0 Å². The summed E-state index contributed by atoms with van der Waals surface area (Å²) in [6.07, 6.45) is 1.07. The smallest absolute Gasteiger partial charge is 0.407 e. The molecular weight excluding hydrogens is 270 g/mol. The minimum absolute atomic E-state index is 0.200. The quantitative estimate of drug-likeness (QED) is 0.867. The fourth-order valence-electron chi connectivity index (χ4n) is 3.16. The van der Waals surface area contributed by atoms with Crippen molar-refractivity contribution >= 4 is 11.9 Å². The lowest BCUT2D eigenvalue weighted by Gasteiger charge is -2.36. The molecule has 0 aliphatic heterocycles. The second-order valence-electron chi connectivity index (χ2n) is 7.22. The van der Waals surface area contributed by atoms with Gasteiger partial charge in [-0.05, 0) is 39.0 Å². The van der Waals surface area contributed by atoms with Crippen LogP contribution in [0.4, 0.5) is 4.79 Å². The van der Waals surface area contributed by atoms with Crippen LogP contribution in [0.25, 0.3) is 0 Å². The highest BCUT2D eigenvalue weighted by Crippen LogP contribution is 2.33. The van der Waals surface area contributed by atoms with E-state index in [0.717, 1.165) is 6.42 Å². The third kappa shape index (κ3) is 5.65. The summed E-state index contributed by atoms with van der Waals surface area (Å²) in [7, 11) is 1.57. The van der Waals surface area contributed by atoms with Crippen molar-refractivity contribution in [2.75, 3.05) is 13.7 Å². The maximum absolute atomic E-state index is 12.4. The van der Waals surface area contributed by atoms with E-state index in [-0.39, 0.29) is 23.7 Å². The first-order valence-electron chi connectivity index (χ1n) is 7.65. The topological polar surface area (TPSA) is 64.6 Å². The van der Waals surface area contributed by atoms with Gasteiger partial charge < -0.3 is 14.8 Å². The Morgan fingerprint density at radius 3 is 2.48 bits per heavy atom. The predicted molar refractivity (Wildman–Crippen MR) is 81.1 cm³/mol. The maximum atomic E-state index is 12.4. The van der Waals surface area contributed by atoms with Crippen LogP contribution in [0.5, 0.6) is 0 Å². The number of carbonyl (C=O) groups is 2. The van der Waals surface area contributed by atoms with Gasteiger partial charge in [0.1, 0.15) is 11.4 Å². The maximum Gasteiger partial charge on any atom is 0.407 e. The van der Waals surface area contributed by atoms with Crippen molar-refractivity contribution in [1.82, 2.24) is 5.32 Å². The average Bonchev–Trinajstić information content (AvgIpc) is 2.24. The molecule has 0 bridgehead atoms. The summed E-state index contributed by atoms with van der Waals surface area (Å²) in [6, 6.07) is -0.333. The molecule has 1 rings (SSSR count). The molecule has 1 aliphatic carbocycles. The molecule has 1 N–H and O–H groups in total. The predicted octanol–water partition coefficient (Wildman–Crippen LogP) is 2.78. The molecule has 0 aromatic carbocycles. The molecule has 5 heteroatoms. The van der Waals surface area contributed by atoms with E-state index in [4.69, 9.17) is 9.47 Å². The summed E-state index contributed by atoms with van der Waals surface area (Å²) >= 11 is 0. The Morgan fingerprint density at radius 2 is 2.00 bits per heavy atom. The Bertz CT molecular complexity index is 375. The van der Waals surface area contributed by atoms with Gasteiger partial charge >= 0.3 is 6.09 Å². The van der Waals surface area contributed by atoms with Gasteiger partial charge in [-0.1, -0.05) is 13.8 Å². The van der Waals surface area contributed by atoms with Gasteiger partial charge in [-0.3, -0.25) is 4.79 Å². The molecule has 4 unspecified atom stereocenters. The molecule has 5 nitrogen and oxygen atoms in total. The second-order valence-corrected chi connectivity index (χ2v) is 7.22. The van der Waals surface area contributed by atoms with Gasteiger partial charge in [-0.25, -0.2) is 4.79 Å². The van der Waals surface area contributed by atoms with E-state index in [9.17, 15) is 9.59 Å². The normalized spacial score (nSPS) is 28.1. The summed E-state index contributed by atoms with van der Waals surface area (Å²) < 4.78 is 10.5. The van der Waals surface area contributed by atoms with E-state index >= 15 is 0 Å². The van der Waals surface area contributed by atoms with Gasteiger partial charge in [0, 0.05) is 19.4 Å². The summed E-state index contributed by atoms with van der Waals surface area (Å²) in [5.41, 5.74) is -0.557. The first-order chi connectivity index (χ1) is 9.64. The summed E-state index contributed by atoms with van der Waals surface area (Å²) in [6.45, 7) is 9.92. The monoisotopic (exact) mass is 299 g/mol. The number of rotatable bonds is 4. The first kappa shape index (κ1) is 18.0. The Balaban J connectivity index is 2.76. The van der Waals surface area contributed by atoms with Crippen molar-refractivity contribution in [3.63, 3.8) is 0 Å². The van der Waals surface area contributed by atoms with Gasteiger partial charge in [0.25, 0.3) is 0 Å². The minimum Gasteiger partial charge on any atom is -0.444 e. The fraction of sp³-hybridized carbons (Fsp3) is 0.875. The summed E-state index contributed by atoms with van der Waals surface area (Å²) in [4.78, 5) is 24.3.